The zero-order valence-corrected chi connectivity index (χ0v) is 23.8. The minimum atomic E-state index is -0.649. The number of dihydropyridines is 1. The maximum absolute atomic E-state index is 13.6. The molecule has 3 N–H and O–H groups in total. The first kappa shape index (κ1) is 29.2. The fourth-order valence-corrected chi connectivity index (χ4v) is 5.27. The summed E-state index contributed by atoms with van der Waals surface area (Å²) in [6.45, 7) is 5.75. The minimum absolute atomic E-state index is 0.0739. The second kappa shape index (κ2) is 13.5. The molecule has 9 heteroatoms. The quantitative estimate of drug-likeness (QED) is 0.277. The van der Waals surface area contributed by atoms with Gasteiger partial charge < -0.3 is 20.7 Å². The number of amides is 2. The van der Waals surface area contributed by atoms with E-state index in [0.717, 1.165) is 11.1 Å². The van der Waals surface area contributed by atoms with Gasteiger partial charge in [0.05, 0.1) is 40.5 Å². The molecule has 3 aromatic rings. The fourth-order valence-electron chi connectivity index (χ4n) is 4.38. The number of hydrogen-bond donors (Lipinski definition) is 3. The van der Waals surface area contributed by atoms with Crippen LogP contribution in [0, 0.1) is 18.3 Å². The molecule has 0 saturated carbocycles. The molecule has 2 amide bonds. The molecule has 0 spiro atoms. The number of nitrogens with zero attached hydrogens (tertiary/aromatic N) is 1. The predicted molar refractivity (Wildman–Crippen MR) is 161 cm³/mol. The number of rotatable bonds is 9. The van der Waals surface area contributed by atoms with E-state index in [0.29, 0.717) is 38.8 Å². The summed E-state index contributed by atoms with van der Waals surface area (Å²) in [6.07, 6.45) is 0. The molecule has 0 fully saturated rings. The highest BCUT2D eigenvalue weighted by Crippen LogP contribution is 2.41. The van der Waals surface area contributed by atoms with E-state index < -0.39 is 11.9 Å². The lowest BCUT2D eigenvalue weighted by molar-refractivity contribution is -0.114. The second-order valence-electron chi connectivity index (χ2n) is 9.32. The first-order valence-corrected chi connectivity index (χ1v) is 14.0. The van der Waals surface area contributed by atoms with Gasteiger partial charge in [-0.15, -0.1) is 0 Å². The van der Waals surface area contributed by atoms with Gasteiger partial charge in [0.15, 0.2) is 0 Å². The van der Waals surface area contributed by atoms with Gasteiger partial charge in [0.1, 0.15) is 0 Å². The van der Waals surface area contributed by atoms with Crippen LogP contribution in [0.4, 0.5) is 11.4 Å². The molecule has 0 aromatic heterocycles. The summed E-state index contributed by atoms with van der Waals surface area (Å²) in [5.74, 6) is -1.61. The van der Waals surface area contributed by atoms with Crippen molar-refractivity contribution in [3.63, 3.8) is 0 Å². The van der Waals surface area contributed by atoms with Crippen LogP contribution in [0.15, 0.2) is 101 Å². The molecule has 1 atom stereocenters. The van der Waals surface area contributed by atoms with Crippen LogP contribution in [0.5, 0.6) is 0 Å². The number of ether oxygens (including phenoxy) is 1. The van der Waals surface area contributed by atoms with Crippen LogP contribution < -0.4 is 16.0 Å². The number of esters is 1. The Morgan fingerprint density at radius 1 is 0.927 bits per heavy atom. The van der Waals surface area contributed by atoms with Gasteiger partial charge in [-0.1, -0.05) is 59.8 Å². The van der Waals surface area contributed by atoms with E-state index in [1.807, 2.05) is 61.5 Å². The lowest BCUT2D eigenvalue weighted by atomic mass is 9.82. The summed E-state index contributed by atoms with van der Waals surface area (Å²) in [5.41, 5.74) is 4.73. The maximum atomic E-state index is 13.6. The molecule has 0 aliphatic carbocycles. The lowest BCUT2D eigenvalue weighted by Crippen LogP contribution is -2.31. The van der Waals surface area contributed by atoms with Gasteiger partial charge in [-0.25, -0.2) is 4.79 Å². The average Bonchev–Trinajstić information content (AvgIpc) is 2.97. The van der Waals surface area contributed by atoms with Crippen LogP contribution in [-0.2, 0) is 14.3 Å². The van der Waals surface area contributed by atoms with E-state index in [2.05, 4.69) is 22.0 Å². The molecule has 0 unspecified atom stereocenters. The van der Waals surface area contributed by atoms with E-state index >= 15 is 0 Å². The summed E-state index contributed by atoms with van der Waals surface area (Å²) < 4.78 is 5.02. The van der Waals surface area contributed by atoms with Crippen LogP contribution in [0.2, 0.25) is 0 Å². The number of carbonyl (C=O) groups is 3. The Hall–Kier alpha value is -4.81. The van der Waals surface area contributed by atoms with Crippen molar-refractivity contribution in [1.82, 2.24) is 5.32 Å². The predicted octanol–water partition coefficient (Wildman–Crippen LogP) is 5.88. The Labute approximate surface area is 243 Å². The van der Waals surface area contributed by atoms with Gasteiger partial charge >= 0.3 is 5.97 Å². The average molecular weight is 567 g/mol. The molecule has 4 rings (SSSR count). The molecule has 8 nitrogen and oxygen atoms in total. The summed E-state index contributed by atoms with van der Waals surface area (Å²) in [7, 11) is 0. The molecule has 1 heterocycles. The number of allylic oxidation sites excluding steroid dienone is 2. The van der Waals surface area contributed by atoms with Gasteiger partial charge in [-0.2, -0.15) is 5.26 Å². The van der Waals surface area contributed by atoms with E-state index in [9.17, 15) is 19.6 Å². The van der Waals surface area contributed by atoms with Crippen LogP contribution in [-0.4, -0.2) is 30.1 Å². The zero-order valence-electron chi connectivity index (χ0n) is 23.0. The molecule has 208 valence electrons. The topological polar surface area (TPSA) is 120 Å². The molecule has 0 bridgehead atoms. The first-order chi connectivity index (χ1) is 19.8. The molecule has 0 radical (unpaired) electrons. The third-order valence-electron chi connectivity index (χ3n) is 6.36. The van der Waals surface area contributed by atoms with Crippen molar-refractivity contribution >= 4 is 40.9 Å². The van der Waals surface area contributed by atoms with Crippen molar-refractivity contribution in [2.45, 2.75) is 26.7 Å². The number of nitriles is 1. The van der Waals surface area contributed by atoms with Gasteiger partial charge in [-0.05, 0) is 62.7 Å². The molecule has 41 heavy (non-hydrogen) atoms. The van der Waals surface area contributed by atoms with Gasteiger partial charge in [0.2, 0.25) is 5.91 Å². The largest absolute Gasteiger partial charge is 0.462 e. The number of anilines is 2. The molecule has 0 saturated heterocycles. The summed E-state index contributed by atoms with van der Waals surface area (Å²) in [6, 6.07) is 25.5. The van der Waals surface area contributed by atoms with Gasteiger partial charge in [-0.3, -0.25) is 9.59 Å². The highest BCUT2D eigenvalue weighted by Gasteiger charge is 2.34. The van der Waals surface area contributed by atoms with E-state index in [1.165, 1.54) is 11.8 Å². The Balaban J connectivity index is 1.57. The third-order valence-corrected chi connectivity index (χ3v) is 7.38. The minimum Gasteiger partial charge on any atom is -0.462 e. The summed E-state index contributed by atoms with van der Waals surface area (Å²) in [4.78, 5) is 38.3. The smallest absolute Gasteiger partial charge is 0.338 e. The standard InChI is InChI=1S/C32H30N4O4S/c1-4-40-32(39)23-12-16-25(17-13-23)36-30(38)28-21(3)34-31(26(18-33)29(28)22-8-6-5-7-9-22)41-19-27(37)35-24-14-10-20(2)11-15-24/h5-17,29,34H,4,19H2,1-3H3,(H,35,37)(H,36,38)/t29-/m1/s1. The van der Waals surface area contributed by atoms with E-state index in [-0.39, 0.29) is 24.2 Å². The molecule has 1 aliphatic heterocycles. The van der Waals surface area contributed by atoms with Crippen LogP contribution in [0.1, 0.15) is 41.3 Å². The number of thioether (sulfide) groups is 1. The van der Waals surface area contributed by atoms with Crippen molar-refractivity contribution in [3.8, 4) is 6.07 Å². The maximum Gasteiger partial charge on any atom is 0.338 e. The van der Waals surface area contributed by atoms with Crippen LogP contribution in [0.25, 0.3) is 0 Å². The normalized spacial score (nSPS) is 14.5. The number of carbonyl (C=O) groups excluding carboxylic acids is 3. The lowest BCUT2D eigenvalue weighted by Gasteiger charge is -2.30. The Bertz CT molecular complexity index is 1540. The van der Waals surface area contributed by atoms with Crippen molar-refractivity contribution < 1.29 is 19.1 Å². The molecular weight excluding hydrogens is 536 g/mol. The highest BCUT2D eigenvalue weighted by molar-refractivity contribution is 8.03. The highest BCUT2D eigenvalue weighted by atomic mass is 32.2. The SMILES string of the molecule is CCOC(=O)c1ccc(NC(=O)C2=C(C)NC(SCC(=O)Nc3ccc(C)cc3)=C(C#N)[C@H]2c2ccccc2)cc1. The van der Waals surface area contributed by atoms with Crippen molar-refractivity contribution in [2.24, 2.45) is 0 Å². The monoisotopic (exact) mass is 566 g/mol. The first-order valence-electron chi connectivity index (χ1n) is 13.1. The zero-order chi connectivity index (χ0) is 29.4. The van der Waals surface area contributed by atoms with Crippen LogP contribution >= 0.6 is 11.8 Å². The van der Waals surface area contributed by atoms with Crippen molar-refractivity contribution in [3.05, 3.63) is 117 Å². The van der Waals surface area contributed by atoms with Crippen molar-refractivity contribution in [2.75, 3.05) is 23.0 Å². The molecular formula is C32H30N4O4S. The molecule has 1 aliphatic rings. The van der Waals surface area contributed by atoms with Gasteiger partial charge in [0, 0.05) is 22.6 Å². The van der Waals surface area contributed by atoms with Crippen molar-refractivity contribution in [1.29, 1.82) is 5.26 Å². The fraction of sp³-hybridized carbons (Fsp3) is 0.188. The van der Waals surface area contributed by atoms with E-state index in [4.69, 9.17) is 4.74 Å². The number of hydrogen-bond acceptors (Lipinski definition) is 7. The summed E-state index contributed by atoms with van der Waals surface area (Å²) in [5, 5.41) is 19.7. The van der Waals surface area contributed by atoms with Crippen LogP contribution in [0.3, 0.4) is 0 Å². The Kier molecular flexibility index (Phi) is 9.61. The Morgan fingerprint density at radius 3 is 2.20 bits per heavy atom. The Morgan fingerprint density at radius 2 is 1.56 bits per heavy atom. The third kappa shape index (κ3) is 7.24. The number of benzene rings is 3. The summed E-state index contributed by atoms with van der Waals surface area (Å²) >= 11 is 1.21. The van der Waals surface area contributed by atoms with Gasteiger partial charge in [0.25, 0.3) is 5.91 Å². The number of nitrogens with one attached hydrogen (secondary N) is 3. The number of aryl methyl sites for hydroxylation is 1. The second-order valence-corrected chi connectivity index (χ2v) is 10.3. The van der Waals surface area contributed by atoms with E-state index in [1.54, 1.807) is 38.1 Å². The molecule has 3 aromatic carbocycles.